The van der Waals surface area contributed by atoms with Gasteiger partial charge in [0, 0.05) is 31.4 Å². The highest BCUT2D eigenvalue weighted by Crippen LogP contribution is 2.43. The van der Waals surface area contributed by atoms with Crippen LogP contribution in [0, 0.1) is 0 Å². The van der Waals surface area contributed by atoms with Gasteiger partial charge in [0.25, 0.3) is 0 Å². The second-order valence-electron chi connectivity index (χ2n) is 4.32. The smallest absolute Gasteiger partial charge is 0.0557 e. The van der Waals surface area contributed by atoms with Gasteiger partial charge in [0.2, 0.25) is 0 Å². The number of hydrogen-bond donors (Lipinski definition) is 1. The summed E-state index contributed by atoms with van der Waals surface area (Å²) in [7, 11) is 0. The first-order valence-electron chi connectivity index (χ1n) is 6.47. The molecule has 102 valence electrons. The summed E-state index contributed by atoms with van der Waals surface area (Å²) in [6, 6.07) is 2.67. The first-order chi connectivity index (χ1) is 8.77. The van der Waals surface area contributed by atoms with Crippen molar-refractivity contribution in [3.63, 3.8) is 0 Å². The van der Waals surface area contributed by atoms with Crippen molar-refractivity contribution in [3.8, 4) is 0 Å². The second kappa shape index (κ2) is 7.58. The molecule has 0 spiro atoms. The van der Waals surface area contributed by atoms with E-state index in [4.69, 9.17) is 0 Å². The van der Waals surface area contributed by atoms with Gasteiger partial charge in [0.15, 0.2) is 0 Å². The van der Waals surface area contributed by atoms with Crippen LogP contribution in [0.15, 0.2) is 15.9 Å². The molecule has 0 saturated carbocycles. The Hall–Kier alpha value is 0.840. The lowest BCUT2D eigenvalue weighted by Gasteiger charge is -2.36. The molecule has 0 bridgehead atoms. The maximum Gasteiger partial charge on any atom is 0.0557 e. The fourth-order valence-corrected chi connectivity index (χ4v) is 7.41. The van der Waals surface area contributed by atoms with Crippen molar-refractivity contribution >= 4 is 50.8 Å². The molecule has 2 heterocycles. The second-order valence-corrected chi connectivity index (χ2v) is 8.76. The summed E-state index contributed by atoms with van der Waals surface area (Å²) in [5, 5.41) is 7.37. The maximum absolute atomic E-state index is 3.71. The number of rotatable bonds is 5. The van der Waals surface area contributed by atoms with Crippen molar-refractivity contribution in [2.75, 3.05) is 18.1 Å². The van der Waals surface area contributed by atoms with Crippen LogP contribution in [0.4, 0.5) is 0 Å². The van der Waals surface area contributed by atoms with Crippen molar-refractivity contribution in [1.29, 1.82) is 0 Å². The number of thiophene rings is 1. The molecule has 18 heavy (non-hydrogen) atoms. The van der Waals surface area contributed by atoms with Gasteiger partial charge in [-0.1, -0.05) is 13.8 Å². The van der Waals surface area contributed by atoms with E-state index in [0.29, 0.717) is 11.3 Å². The molecule has 1 aliphatic rings. The predicted octanol–water partition coefficient (Wildman–Crippen LogP) is 4.79. The molecule has 2 rings (SSSR count). The van der Waals surface area contributed by atoms with Gasteiger partial charge in [-0.05, 0) is 40.3 Å². The topological polar surface area (TPSA) is 12.0 Å². The lowest BCUT2D eigenvalue weighted by Crippen LogP contribution is -2.38. The van der Waals surface area contributed by atoms with Gasteiger partial charge < -0.3 is 5.32 Å². The van der Waals surface area contributed by atoms with Crippen molar-refractivity contribution in [1.82, 2.24) is 5.32 Å². The van der Waals surface area contributed by atoms with Crippen LogP contribution in [0.5, 0.6) is 0 Å². The zero-order valence-electron chi connectivity index (χ0n) is 10.8. The minimum absolute atomic E-state index is 0.493. The largest absolute Gasteiger partial charge is 0.309 e. The number of nitrogens with one attached hydrogen (secondary N) is 1. The highest BCUT2D eigenvalue weighted by Gasteiger charge is 2.33. The minimum Gasteiger partial charge on any atom is -0.309 e. The molecular weight excluding hydrogens is 346 g/mol. The fourth-order valence-electron chi connectivity index (χ4n) is 2.35. The molecule has 1 saturated heterocycles. The van der Waals surface area contributed by atoms with Crippen molar-refractivity contribution < 1.29 is 0 Å². The summed E-state index contributed by atoms with van der Waals surface area (Å²) in [4.78, 5) is 1.47. The van der Waals surface area contributed by atoms with Gasteiger partial charge >= 0.3 is 0 Å². The number of hydrogen-bond acceptors (Lipinski definition) is 4. The van der Waals surface area contributed by atoms with Crippen molar-refractivity contribution in [3.05, 3.63) is 20.8 Å². The molecule has 1 nitrogen and oxygen atoms in total. The van der Waals surface area contributed by atoms with Crippen LogP contribution in [0.2, 0.25) is 0 Å². The van der Waals surface area contributed by atoms with Gasteiger partial charge in [-0.2, -0.15) is 23.5 Å². The first-order valence-corrected chi connectivity index (χ1v) is 10.2. The average molecular weight is 366 g/mol. The van der Waals surface area contributed by atoms with E-state index in [1.165, 1.54) is 27.3 Å². The molecule has 3 unspecified atom stereocenters. The molecule has 5 heteroatoms. The molecule has 1 aromatic rings. The molecule has 0 radical (unpaired) electrons. The van der Waals surface area contributed by atoms with E-state index in [2.05, 4.69) is 70.1 Å². The van der Waals surface area contributed by atoms with Gasteiger partial charge in [-0.25, -0.2) is 0 Å². The molecule has 0 aliphatic carbocycles. The Morgan fingerprint density at radius 2 is 2.17 bits per heavy atom. The van der Waals surface area contributed by atoms with Crippen LogP contribution in [-0.2, 0) is 0 Å². The van der Waals surface area contributed by atoms with Crippen molar-refractivity contribution in [2.24, 2.45) is 0 Å². The van der Waals surface area contributed by atoms with Crippen LogP contribution < -0.4 is 5.32 Å². The average Bonchev–Trinajstić information content (AvgIpc) is 2.82. The van der Waals surface area contributed by atoms with Crippen LogP contribution in [0.25, 0.3) is 0 Å². The maximum atomic E-state index is 3.71. The summed E-state index contributed by atoms with van der Waals surface area (Å²) >= 11 is 9.88. The highest BCUT2D eigenvalue weighted by atomic mass is 79.9. The van der Waals surface area contributed by atoms with E-state index in [0.717, 1.165) is 11.8 Å². The molecule has 0 amide bonds. The fraction of sp³-hybridized carbons (Fsp3) is 0.692. The summed E-state index contributed by atoms with van der Waals surface area (Å²) in [6.07, 6.45) is 1.27. The Morgan fingerprint density at radius 1 is 1.39 bits per heavy atom. The van der Waals surface area contributed by atoms with E-state index in [-0.39, 0.29) is 0 Å². The van der Waals surface area contributed by atoms with E-state index in [1.54, 1.807) is 0 Å². The summed E-state index contributed by atoms with van der Waals surface area (Å²) in [6.45, 7) is 5.56. The van der Waals surface area contributed by atoms with E-state index in [1.807, 2.05) is 11.3 Å². The summed E-state index contributed by atoms with van der Waals surface area (Å²) in [5.41, 5.74) is 0. The Bertz CT molecular complexity index is 369. The summed E-state index contributed by atoms with van der Waals surface area (Å²) < 4.78 is 1.27. The Morgan fingerprint density at radius 3 is 2.78 bits per heavy atom. The molecule has 0 aromatic carbocycles. The zero-order valence-corrected chi connectivity index (χ0v) is 14.9. The lowest BCUT2D eigenvalue weighted by molar-refractivity contribution is 0.518. The molecule has 3 atom stereocenters. The molecule has 1 fully saturated rings. The van der Waals surface area contributed by atoms with Crippen LogP contribution in [0.3, 0.4) is 0 Å². The molecule has 1 N–H and O–H groups in total. The Kier molecular flexibility index (Phi) is 6.41. The normalized spacial score (nSPS) is 26.2. The monoisotopic (exact) mass is 365 g/mol. The Labute approximate surface area is 131 Å². The quantitative estimate of drug-likeness (QED) is 0.805. The molecule has 1 aromatic heterocycles. The minimum atomic E-state index is 0.493. The highest BCUT2D eigenvalue weighted by molar-refractivity contribution is 9.10. The van der Waals surface area contributed by atoms with Gasteiger partial charge in [-0.3, -0.25) is 0 Å². The van der Waals surface area contributed by atoms with Crippen LogP contribution >= 0.6 is 50.8 Å². The Balaban J connectivity index is 2.20. The standard InChI is InChI=1S/C13H20BrNS3/c1-3-10-13(18-8-7-16-10)11(15-4-2)12-9(14)5-6-17-12/h5-6,10-11,13,15H,3-4,7-8H2,1-2H3. The number of thioether (sulfide) groups is 2. The van der Waals surface area contributed by atoms with Gasteiger partial charge in [0.05, 0.1) is 6.04 Å². The first kappa shape index (κ1) is 15.2. The third-order valence-corrected chi connectivity index (χ3v) is 8.48. The summed E-state index contributed by atoms with van der Waals surface area (Å²) in [5.74, 6) is 2.60. The van der Waals surface area contributed by atoms with Gasteiger partial charge in [0.1, 0.15) is 0 Å². The number of halogens is 1. The van der Waals surface area contributed by atoms with Crippen LogP contribution in [-0.4, -0.2) is 28.6 Å². The van der Waals surface area contributed by atoms with E-state index >= 15 is 0 Å². The zero-order chi connectivity index (χ0) is 13.0. The third kappa shape index (κ3) is 3.48. The van der Waals surface area contributed by atoms with Gasteiger partial charge in [-0.15, -0.1) is 11.3 Å². The van der Waals surface area contributed by atoms with Crippen LogP contribution in [0.1, 0.15) is 31.2 Å². The molecular formula is C13H20BrNS3. The van der Waals surface area contributed by atoms with E-state index < -0.39 is 0 Å². The SMILES string of the molecule is CCNC(c1sccc1Br)C1SCCSC1CC. The van der Waals surface area contributed by atoms with Crippen molar-refractivity contribution in [2.45, 2.75) is 36.8 Å². The third-order valence-electron chi connectivity index (χ3n) is 3.17. The predicted molar refractivity (Wildman–Crippen MR) is 91.2 cm³/mol. The van der Waals surface area contributed by atoms with E-state index in [9.17, 15) is 0 Å². The lowest BCUT2D eigenvalue weighted by atomic mass is 10.1. The molecule has 1 aliphatic heterocycles.